The number of carbonyl (C=O) groups excluding carboxylic acids is 2. The van der Waals surface area contributed by atoms with Gasteiger partial charge >= 0.3 is 12.1 Å². The normalized spacial score (nSPS) is 18.3. The number of carbonyl (C=O) groups is 2. The summed E-state index contributed by atoms with van der Waals surface area (Å²) in [5.74, 6) is -0.253. The van der Waals surface area contributed by atoms with Crippen molar-refractivity contribution in [3.8, 4) is 0 Å². The smallest absolute Gasteiger partial charge is 0.414 e. The van der Waals surface area contributed by atoms with E-state index in [0.717, 1.165) is 12.1 Å². The average molecular weight is 263 g/mol. The van der Waals surface area contributed by atoms with E-state index < -0.39 is 12.2 Å². The number of nitrogens with zero attached hydrogens (tertiary/aromatic N) is 1. The van der Waals surface area contributed by atoms with Gasteiger partial charge in [-0.2, -0.15) is 0 Å². The number of esters is 1. The van der Waals surface area contributed by atoms with Gasteiger partial charge in [0.15, 0.2) is 6.10 Å². The van der Waals surface area contributed by atoms with Crippen molar-refractivity contribution < 1.29 is 19.1 Å². The van der Waals surface area contributed by atoms with E-state index in [1.54, 1.807) is 4.90 Å². The molecule has 0 aromatic heterocycles. The lowest BCUT2D eigenvalue weighted by Gasteiger charge is -2.12. The van der Waals surface area contributed by atoms with Crippen molar-refractivity contribution in [3.63, 3.8) is 0 Å². The van der Waals surface area contributed by atoms with Gasteiger partial charge in [0.2, 0.25) is 0 Å². The Bertz CT molecular complexity index is 446. The van der Waals surface area contributed by atoms with Crippen molar-refractivity contribution in [2.75, 3.05) is 18.1 Å². The van der Waals surface area contributed by atoms with E-state index >= 15 is 0 Å². The predicted octanol–water partition coefficient (Wildman–Crippen LogP) is 2.36. The van der Waals surface area contributed by atoms with E-state index in [1.807, 2.05) is 37.3 Å². The van der Waals surface area contributed by atoms with Gasteiger partial charge in [0.05, 0.1) is 6.54 Å². The molecule has 5 heteroatoms. The molecule has 0 N–H and O–H groups in total. The summed E-state index contributed by atoms with van der Waals surface area (Å²) in [5.41, 5.74) is 0.787. The van der Waals surface area contributed by atoms with Gasteiger partial charge in [0.25, 0.3) is 0 Å². The second-order valence-electron chi connectivity index (χ2n) is 4.38. The van der Waals surface area contributed by atoms with Crippen molar-refractivity contribution in [1.29, 1.82) is 0 Å². The molecule has 0 radical (unpaired) electrons. The SMILES string of the molecule is CCCC(=O)OCC1CN(c2ccccc2)C(=O)O1. The molecule has 0 spiro atoms. The van der Waals surface area contributed by atoms with E-state index in [1.165, 1.54) is 0 Å². The Balaban J connectivity index is 1.88. The molecule has 102 valence electrons. The van der Waals surface area contributed by atoms with Crippen molar-refractivity contribution in [3.05, 3.63) is 30.3 Å². The first-order valence-corrected chi connectivity index (χ1v) is 6.39. The van der Waals surface area contributed by atoms with E-state index in [4.69, 9.17) is 9.47 Å². The molecule has 5 nitrogen and oxygen atoms in total. The Kier molecular flexibility index (Phi) is 4.39. The quantitative estimate of drug-likeness (QED) is 0.765. The monoisotopic (exact) mass is 263 g/mol. The van der Waals surface area contributed by atoms with Gasteiger partial charge in [0.1, 0.15) is 6.61 Å². The molecule has 1 aliphatic rings. The average Bonchev–Trinajstić information content (AvgIpc) is 2.79. The number of rotatable bonds is 5. The number of amides is 1. The van der Waals surface area contributed by atoms with Gasteiger partial charge in [-0.15, -0.1) is 0 Å². The van der Waals surface area contributed by atoms with Gasteiger partial charge in [-0.25, -0.2) is 4.79 Å². The molecule has 1 aliphatic heterocycles. The van der Waals surface area contributed by atoms with Crippen LogP contribution in [0.1, 0.15) is 19.8 Å². The van der Waals surface area contributed by atoms with Crippen LogP contribution in [0, 0.1) is 0 Å². The van der Waals surface area contributed by atoms with Gasteiger partial charge in [-0.05, 0) is 18.6 Å². The van der Waals surface area contributed by atoms with Gasteiger partial charge in [-0.3, -0.25) is 9.69 Å². The van der Waals surface area contributed by atoms with Crippen LogP contribution < -0.4 is 4.90 Å². The van der Waals surface area contributed by atoms with Crippen LogP contribution in [0.4, 0.5) is 10.5 Å². The Hall–Kier alpha value is -2.04. The zero-order valence-electron chi connectivity index (χ0n) is 10.9. The van der Waals surface area contributed by atoms with Crippen LogP contribution >= 0.6 is 0 Å². The summed E-state index contributed by atoms with van der Waals surface area (Å²) in [4.78, 5) is 24.5. The number of cyclic esters (lactones) is 1. The first-order chi connectivity index (χ1) is 9.20. The third-order valence-corrected chi connectivity index (χ3v) is 2.83. The molecule has 1 heterocycles. The third kappa shape index (κ3) is 3.47. The number of para-hydroxylation sites is 1. The maximum Gasteiger partial charge on any atom is 0.414 e. The van der Waals surface area contributed by atoms with Crippen LogP contribution in [0.15, 0.2) is 30.3 Å². The molecule has 0 aliphatic carbocycles. The molecular formula is C14H17NO4. The molecule has 1 aromatic rings. The fraction of sp³-hybridized carbons (Fsp3) is 0.429. The number of benzene rings is 1. The number of ether oxygens (including phenoxy) is 2. The Labute approximate surface area is 112 Å². The van der Waals surface area contributed by atoms with Gasteiger partial charge in [0, 0.05) is 12.1 Å². The molecule has 1 atom stereocenters. The lowest BCUT2D eigenvalue weighted by Crippen LogP contribution is -2.26. The van der Waals surface area contributed by atoms with Crippen LogP contribution in [0.5, 0.6) is 0 Å². The number of hydrogen-bond acceptors (Lipinski definition) is 4. The highest BCUT2D eigenvalue weighted by molar-refractivity contribution is 5.89. The minimum Gasteiger partial charge on any atom is -0.462 e. The van der Waals surface area contributed by atoms with Crippen molar-refractivity contribution in [1.82, 2.24) is 0 Å². The second kappa shape index (κ2) is 6.22. The van der Waals surface area contributed by atoms with Crippen LogP contribution in [0.25, 0.3) is 0 Å². The van der Waals surface area contributed by atoms with E-state index in [9.17, 15) is 9.59 Å². The number of anilines is 1. The second-order valence-corrected chi connectivity index (χ2v) is 4.38. The summed E-state index contributed by atoms with van der Waals surface area (Å²) in [7, 11) is 0. The van der Waals surface area contributed by atoms with E-state index in [0.29, 0.717) is 13.0 Å². The van der Waals surface area contributed by atoms with E-state index in [2.05, 4.69) is 0 Å². The lowest BCUT2D eigenvalue weighted by molar-refractivity contribution is -0.146. The summed E-state index contributed by atoms with van der Waals surface area (Å²) >= 11 is 0. The first kappa shape index (κ1) is 13.4. The summed E-state index contributed by atoms with van der Waals surface area (Å²) in [6.45, 7) is 2.43. The minimum atomic E-state index is -0.400. The molecule has 0 bridgehead atoms. The fourth-order valence-corrected chi connectivity index (χ4v) is 1.89. The fourth-order valence-electron chi connectivity index (χ4n) is 1.89. The van der Waals surface area contributed by atoms with Crippen molar-refractivity contribution in [2.24, 2.45) is 0 Å². The van der Waals surface area contributed by atoms with Crippen LogP contribution in [-0.2, 0) is 14.3 Å². The van der Waals surface area contributed by atoms with Crippen LogP contribution in [-0.4, -0.2) is 31.3 Å². The van der Waals surface area contributed by atoms with Crippen molar-refractivity contribution >= 4 is 17.7 Å². The molecule has 1 aromatic carbocycles. The molecule has 19 heavy (non-hydrogen) atoms. The zero-order valence-corrected chi connectivity index (χ0v) is 10.9. The van der Waals surface area contributed by atoms with Crippen LogP contribution in [0.3, 0.4) is 0 Å². The highest BCUT2D eigenvalue weighted by atomic mass is 16.6. The number of hydrogen-bond donors (Lipinski definition) is 0. The Morgan fingerprint density at radius 3 is 2.84 bits per heavy atom. The summed E-state index contributed by atoms with van der Waals surface area (Å²) in [6, 6.07) is 9.28. The molecule has 1 saturated heterocycles. The predicted molar refractivity (Wildman–Crippen MR) is 69.9 cm³/mol. The zero-order chi connectivity index (χ0) is 13.7. The molecular weight excluding hydrogens is 246 g/mol. The largest absolute Gasteiger partial charge is 0.462 e. The Morgan fingerprint density at radius 1 is 1.42 bits per heavy atom. The molecule has 0 saturated carbocycles. The molecule has 1 unspecified atom stereocenters. The van der Waals surface area contributed by atoms with Crippen LogP contribution in [0.2, 0.25) is 0 Å². The molecule has 1 fully saturated rings. The summed E-state index contributed by atoms with van der Waals surface area (Å²) in [6.07, 6.45) is 0.346. The van der Waals surface area contributed by atoms with Gasteiger partial charge < -0.3 is 9.47 Å². The lowest BCUT2D eigenvalue weighted by atomic mass is 10.3. The van der Waals surface area contributed by atoms with Gasteiger partial charge in [-0.1, -0.05) is 25.1 Å². The minimum absolute atomic E-state index is 0.119. The maximum absolute atomic E-state index is 11.7. The third-order valence-electron chi connectivity index (χ3n) is 2.83. The topological polar surface area (TPSA) is 55.8 Å². The van der Waals surface area contributed by atoms with E-state index in [-0.39, 0.29) is 12.6 Å². The first-order valence-electron chi connectivity index (χ1n) is 6.39. The highest BCUT2D eigenvalue weighted by Crippen LogP contribution is 2.21. The summed E-state index contributed by atoms with van der Waals surface area (Å²) in [5, 5.41) is 0. The molecule has 1 amide bonds. The Morgan fingerprint density at radius 2 is 2.16 bits per heavy atom. The standard InChI is InChI=1S/C14H17NO4/c1-2-6-13(16)18-10-12-9-15(14(17)19-12)11-7-4-3-5-8-11/h3-5,7-8,12H,2,6,9-10H2,1H3. The molecule has 2 rings (SSSR count). The summed E-state index contributed by atoms with van der Waals surface area (Å²) < 4.78 is 10.2. The van der Waals surface area contributed by atoms with Crippen molar-refractivity contribution in [2.45, 2.75) is 25.9 Å². The maximum atomic E-state index is 11.7. The highest BCUT2D eigenvalue weighted by Gasteiger charge is 2.32.